The number of alkyl halides is 4. The van der Waals surface area contributed by atoms with Crippen molar-refractivity contribution in [2.45, 2.75) is 36.0 Å². The number of para-hydroxylation sites is 1. The summed E-state index contributed by atoms with van der Waals surface area (Å²) in [5.41, 5.74) is -0.454. The van der Waals surface area contributed by atoms with Crippen LogP contribution in [0.1, 0.15) is 36.7 Å². The molecule has 1 fully saturated rings. The highest BCUT2D eigenvalue weighted by molar-refractivity contribution is 14.1. The van der Waals surface area contributed by atoms with E-state index in [2.05, 4.69) is 15.4 Å². The zero-order valence-corrected chi connectivity index (χ0v) is 18.5. The predicted molar refractivity (Wildman–Crippen MR) is 113 cm³/mol. The third-order valence-electron chi connectivity index (χ3n) is 4.96. The average Bonchev–Trinajstić information content (AvgIpc) is 3.12. The molecule has 1 aliphatic heterocycles. The number of halogens is 4. The lowest BCUT2D eigenvalue weighted by Crippen LogP contribution is -2.10. The van der Waals surface area contributed by atoms with E-state index in [0.29, 0.717) is 39.8 Å². The Morgan fingerprint density at radius 2 is 2.10 bits per heavy atom. The smallest absolute Gasteiger partial charge is 0.343 e. The van der Waals surface area contributed by atoms with Gasteiger partial charge < -0.3 is 10.1 Å². The molecule has 1 N–H and O–H groups in total. The van der Waals surface area contributed by atoms with E-state index in [1.807, 2.05) is 0 Å². The molecule has 2 aliphatic rings. The largest absolute Gasteiger partial charge is 0.483 e. The topological polar surface area (TPSA) is 69.0 Å². The van der Waals surface area contributed by atoms with Gasteiger partial charge in [-0.05, 0) is 18.9 Å². The van der Waals surface area contributed by atoms with Crippen molar-refractivity contribution in [1.82, 2.24) is 14.8 Å². The number of thiazole rings is 1. The van der Waals surface area contributed by atoms with Gasteiger partial charge in [0.05, 0.1) is 10.6 Å². The molecule has 0 unspecified atom stereocenters. The van der Waals surface area contributed by atoms with Crippen LogP contribution in [0.4, 0.5) is 18.3 Å². The van der Waals surface area contributed by atoms with Crippen LogP contribution in [0.2, 0.25) is 0 Å². The summed E-state index contributed by atoms with van der Waals surface area (Å²) in [6.07, 6.45) is 0.746. The molecule has 2 aromatic heterocycles. The van der Waals surface area contributed by atoms with Crippen LogP contribution in [-0.2, 0) is 21.0 Å². The summed E-state index contributed by atoms with van der Waals surface area (Å²) in [5.74, 6) is -0.355. The number of rotatable bonds is 4. The van der Waals surface area contributed by atoms with Gasteiger partial charge in [-0.15, -0.1) is 0 Å². The number of aromatic nitrogens is 3. The quantitative estimate of drug-likeness (QED) is 0.357. The summed E-state index contributed by atoms with van der Waals surface area (Å²) in [7, 11) is 0. The fraction of sp³-hybridized carbons (Fsp3) is 0.316. The lowest BCUT2D eigenvalue weighted by atomic mass is 10.1. The molecule has 1 aliphatic carbocycles. The van der Waals surface area contributed by atoms with Gasteiger partial charge in [-0.2, -0.15) is 13.9 Å². The standard InChI is InChI=1S/C19H14F3IN4O2S/c1-9(28)24-17-25-11-8-29-14-13(15(11)30-17)27(26-16(14)19(21,22)23)12-5-3-2-4-10(12)18(20)6-7-18/h2-5H,6-8H2,1H3,(H,24,25,28). The minimum Gasteiger partial charge on any atom is -0.483 e. The lowest BCUT2D eigenvalue weighted by molar-refractivity contribution is -0.114. The second-order valence-electron chi connectivity index (χ2n) is 7.18. The summed E-state index contributed by atoms with van der Waals surface area (Å²) in [4.78, 5) is 16.3. The number of carbonyl (C=O) groups excluding carboxylic acids is 1. The van der Waals surface area contributed by atoms with Crippen LogP contribution >= 0.6 is 33.9 Å². The van der Waals surface area contributed by atoms with Crippen LogP contribution in [0.5, 0.6) is 5.75 Å². The Morgan fingerprint density at radius 3 is 2.77 bits per heavy atom. The Kier molecular flexibility index (Phi) is 4.40. The number of anilines is 1. The molecule has 11 heteroatoms. The van der Waals surface area contributed by atoms with Crippen molar-refractivity contribution in [3.8, 4) is 22.0 Å². The number of benzene rings is 1. The molecule has 3 heterocycles. The van der Waals surface area contributed by atoms with Crippen LogP contribution in [0.15, 0.2) is 24.3 Å². The number of amides is 1. The monoisotopic (exact) mass is 546 g/mol. The fourth-order valence-corrected chi connectivity index (χ4v) is 4.89. The highest BCUT2D eigenvalue weighted by Crippen LogP contribution is 2.54. The van der Waals surface area contributed by atoms with Crippen LogP contribution in [-0.4, -0.2) is 20.7 Å². The average molecular weight is 546 g/mol. The van der Waals surface area contributed by atoms with Crippen LogP contribution < -0.4 is 10.1 Å². The van der Waals surface area contributed by atoms with Gasteiger partial charge in [0.1, 0.15) is 23.7 Å². The maximum absolute atomic E-state index is 15.0. The fourth-order valence-electron chi connectivity index (χ4n) is 3.49. The molecule has 1 aromatic carbocycles. The van der Waals surface area contributed by atoms with E-state index in [0.717, 1.165) is 33.9 Å². The van der Waals surface area contributed by atoms with E-state index >= 15 is 4.39 Å². The third kappa shape index (κ3) is 3.18. The number of ether oxygens (including phenoxy) is 1. The minimum absolute atomic E-state index is 0.0292. The van der Waals surface area contributed by atoms with Gasteiger partial charge in [-0.1, -0.05) is 29.5 Å². The van der Waals surface area contributed by atoms with Crippen molar-refractivity contribution in [3.63, 3.8) is 0 Å². The molecule has 0 atom stereocenters. The summed E-state index contributed by atoms with van der Waals surface area (Å²) in [6.45, 7) is 1.33. The van der Waals surface area contributed by atoms with Crippen molar-refractivity contribution in [2.24, 2.45) is 0 Å². The first-order valence-electron chi connectivity index (χ1n) is 9.07. The maximum atomic E-state index is 15.0. The Balaban J connectivity index is 1.76. The molecule has 156 valence electrons. The molecule has 3 aromatic rings. The van der Waals surface area contributed by atoms with Crippen LogP contribution in [0.3, 0.4) is 0 Å². The first-order chi connectivity index (χ1) is 14.2. The van der Waals surface area contributed by atoms with Gasteiger partial charge in [-0.25, -0.2) is 14.1 Å². The van der Waals surface area contributed by atoms with E-state index < -0.39 is 15.3 Å². The first kappa shape index (κ1) is 19.8. The van der Waals surface area contributed by atoms with E-state index in [1.165, 1.54) is 11.6 Å². The molecule has 0 spiro atoms. The van der Waals surface area contributed by atoms with Gasteiger partial charge in [0, 0.05) is 35.1 Å². The Labute approximate surface area is 186 Å². The van der Waals surface area contributed by atoms with Crippen molar-refractivity contribution in [2.75, 3.05) is 5.32 Å². The van der Waals surface area contributed by atoms with E-state index in [1.54, 1.807) is 24.3 Å². The highest BCUT2D eigenvalue weighted by Gasteiger charge is 2.48. The molecule has 0 saturated heterocycles. The summed E-state index contributed by atoms with van der Waals surface area (Å²) >= 11 is 2.15. The zero-order valence-electron chi connectivity index (χ0n) is 15.5. The third-order valence-corrected chi connectivity index (χ3v) is 6.49. The Hall–Kier alpha value is -2.15. The molecule has 0 radical (unpaired) electrons. The summed E-state index contributed by atoms with van der Waals surface area (Å²) in [5, 5.41) is 7.10. The van der Waals surface area contributed by atoms with Gasteiger partial charge in [0.15, 0.2) is 16.6 Å². The summed E-state index contributed by atoms with van der Waals surface area (Å²) in [6, 6.07) is 6.73. The highest BCUT2D eigenvalue weighted by atomic mass is 127. The zero-order chi connectivity index (χ0) is 21.3. The minimum atomic E-state index is -3.29. The first-order valence-corrected chi connectivity index (χ1v) is 11.0. The number of hydrogen-bond acceptors (Lipinski definition) is 5. The molecule has 6 nitrogen and oxygen atoms in total. The van der Waals surface area contributed by atoms with Gasteiger partial charge in [0.2, 0.25) is 5.91 Å². The van der Waals surface area contributed by atoms with E-state index in [4.69, 9.17) is 4.74 Å². The second-order valence-corrected chi connectivity index (χ2v) is 9.54. The predicted octanol–water partition coefficient (Wildman–Crippen LogP) is 5.29. The van der Waals surface area contributed by atoms with E-state index in [9.17, 15) is 13.6 Å². The molecular weight excluding hydrogens is 532 g/mol. The number of nitrogens with one attached hydrogen (secondary N) is 1. The van der Waals surface area contributed by atoms with Crippen molar-refractivity contribution >= 4 is 45.0 Å². The van der Waals surface area contributed by atoms with Gasteiger partial charge in [-0.3, -0.25) is 4.79 Å². The maximum Gasteiger partial charge on any atom is 0.343 e. The molecule has 1 saturated carbocycles. The summed E-state index contributed by atoms with van der Waals surface area (Å²) < 4.78 is 47.4. The lowest BCUT2D eigenvalue weighted by Gasteiger charge is -2.18. The van der Waals surface area contributed by atoms with Crippen molar-refractivity contribution in [1.29, 1.82) is 0 Å². The molecule has 30 heavy (non-hydrogen) atoms. The Morgan fingerprint density at radius 1 is 1.37 bits per heavy atom. The van der Waals surface area contributed by atoms with Gasteiger partial charge in [0.25, 0.3) is 0 Å². The van der Waals surface area contributed by atoms with Crippen LogP contribution in [0.25, 0.3) is 16.3 Å². The number of fused-ring (bicyclic) bond motifs is 3. The Bertz CT molecular complexity index is 1180. The number of hydrogen-bond donors (Lipinski definition) is 1. The van der Waals surface area contributed by atoms with Crippen molar-refractivity contribution < 1.29 is 22.7 Å². The normalized spacial score (nSPS) is 16.4. The SMILES string of the molecule is CC(=O)Nc1nc2c(s1)-c1c(c(C(F)(F)I)nn1-c1ccccc1C1(F)CC1)OC2. The number of nitrogens with zero attached hydrogens (tertiary/aromatic N) is 3. The second kappa shape index (κ2) is 6.67. The molecule has 5 rings (SSSR count). The van der Waals surface area contributed by atoms with Crippen LogP contribution in [0, 0.1) is 0 Å². The number of carbonyl (C=O) groups is 1. The molecule has 1 amide bonds. The van der Waals surface area contributed by atoms with Gasteiger partial charge >= 0.3 is 3.93 Å². The van der Waals surface area contributed by atoms with Crippen molar-refractivity contribution in [3.05, 3.63) is 41.2 Å². The van der Waals surface area contributed by atoms with E-state index in [-0.39, 0.29) is 24.0 Å². The molecule has 0 bridgehead atoms. The molecular formula is C19H14F3IN4O2S.